The van der Waals surface area contributed by atoms with Crippen molar-refractivity contribution in [2.45, 2.75) is 0 Å². The highest BCUT2D eigenvalue weighted by atomic mass is 14.3. The molecule has 0 N–H and O–H groups in total. The van der Waals surface area contributed by atoms with E-state index in [0.29, 0.717) is 66.8 Å². The van der Waals surface area contributed by atoms with Crippen LogP contribution >= 0.6 is 0 Å². The van der Waals surface area contributed by atoms with Gasteiger partial charge in [0, 0.05) is 0 Å². The number of hydrogen-bond acceptors (Lipinski definition) is 0. The molecule has 0 bridgehead atoms. The summed E-state index contributed by atoms with van der Waals surface area (Å²) in [5.74, 6) is 0. The molecule has 0 heterocycles. The maximum absolute atomic E-state index is 9.23. The van der Waals surface area contributed by atoms with Gasteiger partial charge in [-0.05, 0) is 225 Å². The molecule has 0 atom stereocenters. The van der Waals surface area contributed by atoms with E-state index in [0.717, 1.165) is 75.4 Å². The van der Waals surface area contributed by atoms with Gasteiger partial charge in [-0.1, -0.05) is 382 Å². The van der Waals surface area contributed by atoms with E-state index in [9.17, 15) is 2.74 Å². The Labute approximate surface area is 636 Å². The number of benzene rings is 22. The normalized spacial score (nSPS) is 14.9. The summed E-state index contributed by atoms with van der Waals surface area (Å²) in [7, 11) is 0. The minimum Gasteiger partial charge on any atom is -0.0622 e. The number of fused-ring (bicyclic) bond motifs is 12. The first-order valence-corrected chi connectivity index (χ1v) is 34.2. The molecule has 22 aromatic rings. The zero-order chi connectivity index (χ0) is 89.5. The average molecular weight is 1340 g/mol. The lowest BCUT2D eigenvalue weighted by atomic mass is 9.83. The molecule has 104 heavy (non-hydrogen) atoms. The first-order chi connectivity index (χ1) is 61.6. The van der Waals surface area contributed by atoms with Crippen molar-refractivity contribution in [1.29, 1.82) is 0 Å². The minimum atomic E-state index is -0.405. The van der Waals surface area contributed by atoms with Crippen LogP contribution in [0, 0.1) is 0 Å². The summed E-state index contributed by atoms with van der Waals surface area (Å²) in [6.45, 7) is 0. The molecule has 0 amide bonds. The molecule has 22 rings (SSSR count). The van der Waals surface area contributed by atoms with Gasteiger partial charge in [-0.2, -0.15) is 0 Å². The molecule has 0 nitrogen and oxygen atoms in total. The van der Waals surface area contributed by atoms with Gasteiger partial charge < -0.3 is 0 Å². The van der Waals surface area contributed by atoms with Crippen LogP contribution in [-0.4, -0.2) is 0 Å². The van der Waals surface area contributed by atoms with Crippen molar-refractivity contribution in [3.8, 4) is 66.8 Å². The molecule has 0 spiro atoms. The van der Waals surface area contributed by atoms with Crippen molar-refractivity contribution >= 4 is 140 Å². The van der Waals surface area contributed by atoms with Gasteiger partial charge in [0.2, 0.25) is 0 Å². The maximum Gasteiger partial charge on any atom is 0.0629 e. The highest BCUT2D eigenvalue weighted by molar-refractivity contribution is 6.31. The fraction of sp³-hybridized carbons (Fsp3) is 0. The topological polar surface area (TPSA) is 0 Å². The molecule has 482 valence electrons. The Morgan fingerprint density at radius 1 is 0.144 bits per heavy atom. The Bertz CT molecular complexity index is 8420. The highest BCUT2D eigenvalue weighted by Gasteiger charge is 2.23. The van der Waals surface area contributed by atoms with Crippen LogP contribution in [0.3, 0.4) is 0 Å². The first-order valence-electron chi connectivity index (χ1n) is 46.2. The quantitative estimate of drug-likeness (QED) is 0.115. The standard InChI is InChI=1S/C36H22.2C34H22/c1-2-10-23(11-3-1)34-27-15-4-6-17-29(27)36(30-18-7-5-16-28(30)34)32-22-26-14-8-12-24-20-21-25-13-9-19-31(32)35(25)33(24)26;1-2-11-24(12-3-1)33-29-14-6-8-16-31(29)34(32-17-9-7-15-30(32)33)26-20-21-28-25(22-26)19-18-23-10-4-5-13-27(23)28;1-2-12-23(13-3-1)33-28-18-8-10-20-30(28)34(31-21-11-9-19-29(31)33)32-22-24-14-4-5-15-25(24)26-16-6-7-17-27(26)32/h1-22H;2*1-22H/i4D,5D,6D,7D,15D,16D,17D,18D;6D,7D,8D,9D,14D,15D,16D,17D;8D,9D,10D,11D,18D,19D,20D,21D. The second-order valence-electron chi connectivity index (χ2n) is 25.7. The van der Waals surface area contributed by atoms with Crippen molar-refractivity contribution in [3.63, 3.8) is 0 Å². The summed E-state index contributed by atoms with van der Waals surface area (Å²) in [5, 5.41) is 16.3. The lowest BCUT2D eigenvalue weighted by Gasteiger charge is -2.20. The van der Waals surface area contributed by atoms with E-state index in [-0.39, 0.29) is 137 Å². The van der Waals surface area contributed by atoms with E-state index >= 15 is 0 Å². The van der Waals surface area contributed by atoms with Gasteiger partial charge in [0.1, 0.15) is 0 Å². The van der Waals surface area contributed by atoms with Gasteiger partial charge in [-0.25, -0.2) is 0 Å². The third-order valence-electron chi connectivity index (χ3n) is 20.2. The van der Waals surface area contributed by atoms with Gasteiger partial charge in [-0.15, -0.1) is 0 Å². The van der Waals surface area contributed by atoms with Gasteiger partial charge in [0.15, 0.2) is 0 Å². The van der Waals surface area contributed by atoms with Crippen molar-refractivity contribution in [2.75, 3.05) is 0 Å². The van der Waals surface area contributed by atoms with E-state index in [1.54, 1.807) is 72.8 Å². The highest BCUT2D eigenvalue weighted by Crippen LogP contribution is 2.51. The van der Waals surface area contributed by atoms with Crippen LogP contribution in [0.15, 0.2) is 400 Å². The molecule has 0 aliphatic heterocycles. The van der Waals surface area contributed by atoms with Crippen molar-refractivity contribution < 1.29 is 32.9 Å². The van der Waals surface area contributed by atoms with Gasteiger partial charge in [0.05, 0.1) is 32.9 Å². The summed E-state index contributed by atoms with van der Waals surface area (Å²) < 4.78 is 213. The Morgan fingerprint density at radius 3 is 0.885 bits per heavy atom. The average Bonchev–Trinajstić information content (AvgIpc) is 0.691. The fourth-order valence-electron chi connectivity index (χ4n) is 15.8. The van der Waals surface area contributed by atoms with E-state index in [2.05, 4.69) is 18.2 Å². The predicted molar refractivity (Wildman–Crippen MR) is 451 cm³/mol. The summed E-state index contributed by atoms with van der Waals surface area (Å²) >= 11 is 0. The molecule has 0 aromatic heterocycles. The molecule has 22 aromatic carbocycles. The monoisotopic (exact) mass is 1340 g/mol. The van der Waals surface area contributed by atoms with Gasteiger partial charge in [0.25, 0.3) is 0 Å². The molecule has 0 aliphatic carbocycles. The van der Waals surface area contributed by atoms with E-state index in [1.807, 2.05) is 164 Å². The zero-order valence-corrected chi connectivity index (χ0v) is 55.2. The summed E-state index contributed by atoms with van der Waals surface area (Å²) in [6, 6.07) is 72.7. The lowest BCUT2D eigenvalue weighted by Crippen LogP contribution is -1.93. The second kappa shape index (κ2) is 25.3. The van der Waals surface area contributed by atoms with Crippen LogP contribution in [0.1, 0.15) is 32.9 Å². The molecular formula is C104H66. The Hall–Kier alpha value is -13.5. The smallest absolute Gasteiger partial charge is 0.0622 e. The molecule has 0 fully saturated rings. The van der Waals surface area contributed by atoms with Gasteiger partial charge in [-0.3, -0.25) is 0 Å². The first kappa shape index (κ1) is 40.7. The molecular weight excluding hydrogens is 1250 g/mol. The van der Waals surface area contributed by atoms with E-state index in [1.165, 1.54) is 0 Å². The number of rotatable bonds is 6. The zero-order valence-electron chi connectivity index (χ0n) is 79.2. The third kappa shape index (κ3) is 9.98. The Balaban J connectivity index is 0.000000121. The van der Waals surface area contributed by atoms with Crippen molar-refractivity contribution in [2.24, 2.45) is 0 Å². The van der Waals surface area contributed by atoms with Crippen LogP contribution in [0.2, 0.25) is 0 Å². The molecule has 0 unspecified atom stereocenters. The SMILES string of the molecule is [2H]c1c([2H])c([2H])c2c(-c3cc4cccc5ccc6cccc3c6c54)c3c([2H])c([2H])c([2H])c([2H])c3c(-c3ccccc3)c2c1[2H].[2H]c1c([2H])c([2H])c2c(-c3cc4ccccc4c4ccccc34)c3c([2H])c([2H])c([2H])c([2H])c3c(-c3ccccc3)c2c1[2H].[2H]c1c([2H])c([2H])c2c(-c3ccc4c(ccc5ccccc54)c3)c3c([2H])c([2H])c([2H])c([2H])c3c(-c3ccccc3)c2c1[2H]. The van der Waals surface area contributed by atoms with Gasteiger partial charge >= 0.3 is 0 Å². The molecule has 0 heteroatoms. The number of hydrogen-bond donors (Lipinski definition) is 0. The Kier molecular flexibility index (Phi) is 9.88. The van der Waals surface area contributed by atoms with Crippen LogP contribution in [-0.2, 0) is 0 Å². The van der Waals surface area contributed by atoms with E-state index < -0.39 is 72.5 Å². The fourth-order valence-corrected chi connectivity index (χ4v) is 15.8. The van der Waals surface area contributed by atoms with E-state index in [4.69, 9.17) is 30.2 Å². The molecule has 0 radical (unpaired) electrons. The Morgan fingerprint density at radius 2 is 0.423 bits per heavy atom. The summed E-state index contributed by atoms with van der Waals surface area (Å²) in [4.78, 5) is 0. The third-order valence-corrected chi connectivity index (χ3v) is 20.2. The summed E-state index contributed by atoms with van der Waals surface area (Å²) in [5.41, 5.74) is 5.82. The summed E-state index contributed by atoms with van der Waals surface area (Å²) in [6.07, 6.45) is 0. The minimum absolute atomic E-state index is 0.219. The van der Waals surface area contributed by atoms with Crippen LogP contribution in [0.5, 0.6) is 0 Å². The second-order valence-corrected chi connectivity index (χ2v) is 25.7. The molecule has 0 saturated heterocycles. The van der Waals surface area contributed by atoms with Crippen molar-refractivity contribution in [1.82, 2.24) is 0 Å². The van der Waals surface area contributed by atoms with Crippen LogP contribution in [0.25, 0.3) is 207 Å². The lowest BCUT2D eigenvalue weighted by molar-refractivity contribution is 1.66. The molecule has 0 aliphatic rings. The van der Waals surface area contributed by atoms with Crippen LogP contribution < -0.4 is 0 Å². The van der Waals surface area contributed by atoms with Crippen LogP contribution in [0.4, 0.5) is 0 Å². The van der Waals surface area contributed by atoms with Crippen molar-refractivity contribution in [3.05, 3.63) is 400 Å². The molecule has 0 saturated carbocycles. The predicted octanol–water partition coefficient (Wildman–Crippen LogP) is 29.5. The largest absolute Gasteiger partial charge is 0.0629 e. The maximum atomic E-state index is 9.23.